The highest BCUT2D eigenvalue weighted by molar-refractivity contribution is 6.30. The first-order valence-electron chi connectivity index (χ1n) is 7.97. The van der Waals surface area contributed by atoms with E-state index in [0.29, 0.717) is 29.4 Å². The van der Waals surface area contributed by atoms with Crippen LogP contribution in [0.15, 0.2) is 61.2 Å². The number of rotatable bonds is 4. The molecule has 2 atom stereocenters. The fourth-order valence-electron chi connectivity index (χ4n) is 3.36. The van der Waals surface area contributed by atoms with Crippen LogP contribution in [-0.4, -0.2) is 17.2 Å². The minimum atomic E-state index is 0.0298. The van der Waals surface area contributed by atoms with Gasteiger partial charge in [0.2, 0.25) is 0 Å². The van der Waals surface area contributed by atoms with Gasteiger partial charge in [0.1, 0.15) is 5.78 Å². The molecule has 2 nitrogen and oxygen atoms in total. The summed E-state index contributed by atoms with van der Waals surface area (Å²) in [7, 11) is 0. The number of ketones is 1. The van der Waals surface area contributed by atoms with E-state index < -0.39 is 0 Å². The van der Waals surface area contributed by atoms with E-state index in [1.165, 1.54) is 0 Å². The summed E-state index contributed by atoms with van der Waals surface area (Å²) in [5.41, 5.74) is 2.21. The van der Waals surface area contributed by atoms with Crippen LogP contribution in [0.4, 0.5) is 0 Å². The molecule has 0 aliphatic carbocycles. The molecule has 2 aromatic rings. The molecule has 1 aliphatic rings. The zero-order chi connectivity index (χ0) is 17.1. The number of piperidine rings is 1. The van der Waals surface area contributed by atoms with Gasteiger partial charge in [-0.1, -0.05) is 53.5 Å². The number of nitrogens with zero attached hydrogens (tertiary/aromatic N) is 1. The van der Waals surface area contributed by atoms with E-state index in [4.69, 9.17) is 23.2 Å². The Morgan fingerprint density at radius 1 is 0.917 bits per heavy atom. The van der Waals surface area contributed by atoms with Gasteiger partial charge in [-0.05, 0) is 35.4 Å². The molecule has 0 amide bonds. The SMILES string of the molecule is C=CCN1[C@@H](c2ccc(Cl)cc2)CC(=O)C[C@H]1c1ccc(Cl)cc1. The number of carbonyl (C=O) groups is 1. The molecule has 1 fully saturated rings. The van der Waals surface area contributed by atoms with Crippen molar-refractivity contribution in [3.63, 3.8) is 0 Å². The molecular formula is C20H19Cl2NO. The van der Waals surface area contributed by atoms with E-state index >= 15 is 0 Å². The van der Waals surface area contributed by atoms with Crippen molar-refractivity contribution in [1.29, 1.82) is 0 Å². The minimum absolute atomic E-state index is 0.0298. The van der Waals surface area contributed by atoms with Crippen LogP contribution < -0.4 is 0 Å². The van der Waals surface area contributed by atoms with E-state index in [0.717, 1.165) is 11.1 Å². The Kier molecular flexibility index (Phi) is 5.40. The zero-order valence-electron chi connectivity index (χ0n) is 13.3. The van der Waals surface area contributed by atoms with Crippen LogP contribution in [0.25, 0.3) is 0 Å². The number of Topliss-reactive ketones (excluding diaryl/α,β-unsaturated/α-hetero) is 1. The van der Waals surface area contributed by atoms with Gasteiger partial charge < -0.3 is 0 Å². The topological polar surface area (TPSA) is 20.3 Å². The number of hydrogen-bond acceptors (Lipinski definition) is 2. The van der Waals surface area contributed by atoms with Gasteiger partial charge in [-0.25, -0.2) is 0 Å². The van der Waals surface area contributed by atoms with E-state index in [1.54, 1.807) is 0 Å². The van der Waals surface area contributed by atoms with E-state index in [2.05, 4.69) is 11.5 Å². The van der Waals surface area contributed by atoms with Crippen LogP contribution in [0.5, 0.6) is 0 Å². The van der Waals surface area contributed by atoms with Gasteiger partial charge in [-0.3, -0.25) is 9.69 Å². The molecule has 24 heavy (non-hydrogen) atoms. The average Bonchev–Trinajstić information content (AvgIpc) is 2.58. The summed E-state index contributed by atoms with van der Waals surface area (Å²) >= 11 is 12.0. The predicted octanol–water partition coefficient (Wildman–Crippen LogP) is 5.63. The van der Waals surface area contributed by atoms with Gasteiger partial charge in [0.15, 0.2) is 0 Å². The summed E-state index contributed by atoms with van der Waals surface area (Å²) in [6.45, 7) is 4.61. The van der Waals surface area contributed by atoms with Crippen molar-refractivity contribution in [2.75, 3.05) is 6.54 Å². The average molecular weight is 360 g/mol. The molecule has 4 heteroatoms. The monoisotopic (exact) mass is 359 g/mol. The van der Waals surface area contributed by atoms with Crippen LogP contribution >= 0.6 is 23.2 Å². The van der Waals surface area contributed by atoms with Crippen molar-refractivity contribution in [1.82, 2.24) is 4.90 Å². The fourth-order valence-corrected chi connectivity index (χ4v) is 3.61. The maximum absolute atomic E-state index is 12.4. The summed E-state index contributed by atoms with van der Waals surface area (Å²) in [6, 6.07) is 15.6. The molecular weight excluding hydrogens is 341 g/mol. The van der Waals surface area contributed by atoms with Crippen LogP contribution in [-0.2, 0) is 4.79 Å². The van der Waals surface area contributed by atoms with Crippen molar-refractivity contribution < 1.29 is 4.79 Å². The minimum Gasteiger partial charge on any atom is -0.300 e. The first-order valence-corrected chi connectivity index (χ1v) is 8.73. The molecule has 0 unspecified atom stereocenters. The Labute approximate surface area is 152 Å². The number of likely N-dealkylation sites (tertiary alicyclic amines) is 1. The lowest BCUT2D eigenvalue weighted by molar-refractivity contribution is -0.125. The summed E-state index contributed by atoms with van der Waals surface area (Å²) in [5.74, 6) is 0.273. The predicted molar refractivity (Wildman–Crippen MR) is 99.5 cm³/mol. The van der Waals surface area contributed by atoms with Gasteiger partial charge >= 0.3 is 0 Å². The normalized spacial score (nSPS) is 21.7. The molecule has 0 bridgehead atoms. The molecule has 124 valence electrons. The molecule has 0 spiro atoms. The third-order valence-corrected chi connectivity index (χ3v) is 5.00. The number of halogens is 2. The molecule has 2 aromatic carbocycles. The zero-order valence-corrected chi connectivity index (χ0v) is 14.8. The van der Waals surface area contributed by atoms with Crippen LogP contribution in [0.3, 0.4) is 0 Å². The van der Waals surface area contributed by atoms with Crippen molar-refractivity contribution in [3.8, 4) is 0 Å². The quantitative estimate of drug-likeness (QED) is 0.659. The van der Waals surface area contributed by atoms with Crippen molar-refractivity contribution in [2.24, 2.45) is 0 Å². The number of carbonyl (C=O) groups excluding carboxylic acids is 1. The van der Waals surface area contributed by atoms with Gasteiger partial charge in [0.25, 0.3) is 0 Å². The van der Waals surface area contributed by atoms with Gasteiger partial charge in [0.05, 0.1) is 0 Å². The Bertz CT molecular complexity index is 667. The summed E-state index contributed by atoms with van der Waals surface area (Å²) in [4.78, 5) is 14.7. The second-order valence-corrected chi connectivity index (χ2v) is 6.94. The first kappa shape index (κ1) is 17.2. The highest BCUT2D eigenvalue weighted by Crippen LogP contribution is 2.40. The Balaban J connectivity index is 1.98. The third-order valence-electron chi connectivity index (χ3n) is 4.49. The Morgan fingerprint density at radius 3 is 1.71 bits per heavy atom. The molecule has 0 saturated carbocycles. The van der Waals surface area contributed by atoms with Crippen molar-refractivity contribution in [2.45, 2.75) is 24.9 Å². The fraction of sp³-hybridized carbons (Fsp3) is 0.250. The van der Waals surface area contributed by atoms with Crippen molar-refractivity contribution >= 4 is 29.0 Å². The Hall–Kier alpha value is -1.61. The largest absolute Gasteiger partial charge is 0.300 e. The Morgan fingerprint density at radius 2 is 1.33 bits per heavy atom. The van der Waals surface area contributed by atoms with E-state index in [-0.39, 0.29) is 17.9 Å². The first-order chi connectivity index (χ1) is 11.6. The highest BCUT2D eigenvalue weighted by atomic mass is 35.5. The maximum atomic E-state index is 12.4. The summed E-state index contributed by atoms with van der Waals surface area (Å²) < 4.78 is 0. The molecule has 1 heterocycles. The lowest BCUT2D eigenvalue weighted by atomic mass is 9.87. The summed E-state index contributed by atoms with van der Waals surface area (Å²) in [5, 5.41) is 1.40. The van der Waals surface area contributed by atoms with Gasteiger partial charge in [-0.2, -0.15) is 0 Å². The molecule has 1 saturated heterocycles. The molecule has 3 rings (SSSR count). The van der Waals surface area contributed by atoms with E-state index in [9.17, 15) is 4.79 Å². The van der Waals surface area contributed by atoms with Crippen LogP contribution in [0.1, 0.15) is 36.1 Å². The molecule has 1 aliphatic heterocycles. The maximum Gasteiger partial charge on any atom is 0.136 e. The van der Waals surface area contributed by atoms with Crippen molar-refractivity contribution in [3.05, 3.63) is 82.4 Å². The second-order valence-electron chi connectivity index (χ2n) is 6.07. The molecule has 0 radical (unpaired) electrons. The standard InChI is InChI=1S/C20H19Cl2NO/c1-2-11-23-19(14-3-7-16(21)8-4-14)12-18(24)13-20(23)15-5-9-17(22)10-6-15/h2-10,19-20H,1,11-13H2/t19-,20+. The van der Waals surface area contributed by atoms with E-state index in [1.807, 2.05) is 54.6 Å². The lowest BCUT2D eigenvalue weighted by Gasteiger charge is -2.41. The second kappa shape index (κ2) is 7.52. The van der Waals surface area contributed by atoms with Gasteiger partial charge in [-0.15, -0.1) is 6.58 Å². The van der Waals surface area contributed by atoms with Gasteiger partial charge in [0, 0.05) is 41.5 Å². The smallest absolute Gasteiger partial charge is 0.136 e. The molecule has 0 aromatic heterocycles. The third kappa shape index (κ3) is 3.72. The lowest BCUT2D eigenvalue weighted by Crippen LogP contribution is -2.39. The number of benzene rings is 2. The molecule has 0 N–H and O–H groups in total. The summed E-state index contributed by atoms with van der Waals surface area (Å²) in [6.07, 6.45) is 2.92. The highest BCUT2D eigenvalue weighted by Gasteiger charge is 2.35. The van der Waals surface area contributed by atoms with Crippen LogP contribution in [0.2, 0.25) is 10.0 Å². The van der Waals surface area contributed by atoms with Crippen LogP contribution in [0, 0.1) is 0 Å². The number of hydrogen-bond donors (Lipinski definition) is 0.